The van der Waals surface area contributed by atoms with Crippen LogP contribution >= 0.6 is 11.6 Å². The summed E-state index contributed by atoms with van der Waals surface area (Å²) < 4.78 is 52.2. The van der Waals surface area contributed by atoms with Gasteiger partial charge in [0.25, 0.3) is 0 Å². The Hall–Kier alpha value is -4.14. The van der Waals surface area contributed by atoms with E-state index in [0.717, 1.165) is 11.1 Å². The van der Waals surface area contributed by atoms with Crippen molar-refractivity contribution < 1.29 is 37.7 Å². The number of aliphatic hydroxyl groups excluding tert-OH is 2. The standard InChI is InChI=1S/C31H34ClF3N6O5/c1-4-13-40(29(44)31(33,34)35)22-14-23(26(43)25(22)42)41-16-37-24-27(38-30(32)39-28(24)41)36-15-21(17-5-9-19(45-2)10-6-17)18-7-11-20(46-3)12-8-18/h5-12,16,21-23,25-26,42-43H,4,13-15H2,1-3H3,(H,36,38,39)/t22-,23+,25+,26-/m0/s1. The van der Waals surface area contributed by atoms with Gasteiger partial charge in [-0.05, 0) is 59.8 Å². The Morgan fingerprint density at radius 3 is 2.15 bits per heavy atom. The summed E-state index contributed by atoms with van der Waals surface area (Å²) in [5, 5.41) is 25.0. The molecule has 1 fully saturated rings. The average molecular weight is 663 g/mol. The van der Waals surface area contributed by atoms with Gasteiger partial charge < -0.3 is 34.5 Å². The Morgan fingerprint density at radius 1 is 1.04 bits per heavy atom. The number of imidazole rings is 1. The molecule has 1 aliphatic carbocycles. The van der Waals surface area contributed by atoms with Crippen molar-refractivity contribution in [1.82, 2.24) is 24.4 Å². The number of anilines is 1. The van der Waals surface area contributed by atoms with Crippen LogP contribution < -0.4 is 14.8 Å². The van der Waals surface area contributed by atoms with Gasteiger partial charge in [0, 0.05) is 19.0 Å². The number of nitrogens with one attached hydrogen (secondary N) is 1. The van der Waals surface area contributed by atoms with Crippen molar-refractivity contribution >= 4 is 34.5 Å². The van der Waals surface area contributed by atoms with Crippen LogP contribution in [-0.2, 0) is 4.79 Å². The minimum atomic E-state index is -5.13. The van der Waals surface area contributed by atoms with Gasteiger partial charge in [0.15, 0.2) is 17.0 Å². The number of hydrogen-bond acceptors (Lipinski definition) is 9. The van der Waals surface area contributed by atoms with Gasteiger partial charge in [-0.3, -0.25) is 4.79 Å². The van der Waals surface area contributed by atoms with Crippen molar-refractivity contribution in [2.45, 2.75) is 56.2 Å². The topological polar surface area (TPSA) is 135 Å². The second kappa shape index (κ2) is 13.7. The van der Waals surface area contributed by atoms with E-state index in [2.05, 4.69) is 20.3 Å². The fraction of sp³-hybridized carbons (Fsp3) is 0.419. The fourth-order valence-electron chi connectivity index (χ4n) is 5.95. The number of amides is 1. The first-order valence-corrected chi connectivity index (χ1v) is 15.0. The summed E-state index contributed by atoms with van der Waals surface area (Å²) in [5.41, 5.74) is 2.47. The number of alkyl halides is 3. The molecule has 1 aliphatic rings. The molecule has 15 heteroatoms. The maximum Gasteiger partial charge on any atom is 0.471 e. The molecule has 2 aromatic carbocycles. The Balaban J connectivity index is 1.45. The fourth-order valence-corrected chi connectivity index (χ4v) is 6.11. The maximum absolute atomic E-state index is 13.4. The minimum absolute atomic E-state index is 0.133. The average Bonchev–Trinajstić information content (AvgIpc) is 3.59. The largest absolute Gasteiger partial charge is 0.497 e. The highest BCUT2D eigenvalue weighted by molar-refractivity contribution is 6.28. The van der Waals surface area contributed by atoms with E-state index in [1.807, 2.05) is 48.5 Å². The molecule has 2 aromatic heterocycles. The quantitative estimate of drug-likeness (QED) is 0.197. The van der Waals surface area contributed by atoms with Crippen LogP contribution in [0.1, 0.15) is 42.9 Å². The third-order valence-corrected chi connectivity index (χ3v) is 8.42. The molecule has 11 nitrogen and oxygen atoms in total. The second-order valence-electron chi connectivity index (χ2n) is 11.0. The predicted molar refractivity (Wildman–Crippen MR) is 164 cm³/mol. The molecule has 0 radical (unpaired) electrons. The van der Waals surface area contributed by atoms with Gasteiger partial charge in [-0.25, -0.2) is 4.98 Å². The summed E-state index contributed by atoms with van der Waals surface area (Å²) in [5.74, 6) is -0.512. The summed E-state index contributed by atoms with van der Waals surface area (Å²) in [6, 6.07) is 13.1. The summed E-state index contributed by atoms with van der Waals surface area (Å²) >= 11 is 6.33. The molecule has 0 saturated heterocycles. The highest BCUT2D eigenvalue weighted by atomic mass is 35.5. The van der Waals surface area contributed by atoms with E-state index in [1.54, 1.807) is 21.1 Å². The van der Waals surface area contributed by atoms with Crippen LogP contribution in [0.25, 0.3) is 11.2 Å². The number of nitrogens with zero attached hydrogens (tertiary/aromatic N) is 5. The number of aromatic nitrogens is 4. The van der Waals surface area contributed by atoms with E-state index in [0.29, 0.717) is 34.3 Å². The van der Waals surface area contributed by atoms with Crippen molar-refractivity contribution in [2.24, 2.45) is 0 Å². The van der Waals surface area contributed by atoms with Gasteiger partial charge in [0.05, 0.1) is 32.6 Å². The summed E-state index contributed by atoms with van der Waals surface area (Å²) in [6.45, 7) is 1.73. The Kier molecular flexibility index (Phi) is 9.89. The van der Waals surface area contributed by atoms with Crippen LogP contribution in [0.2, 0.25) is 5.28 Å². The number of methoxy groups -OCH3 is 2. The molecule has 0 aliphatic heterocycles. The minimum Gasteiger partial charge on any atom is -0.497 e. The van der Waals surface area contributed by atoms with E-state index < -0.39 is 36.4 Å². The third-order valence-electron chi connectivity index (χ3n) is 8.25. The van der Waals surface area contributed by atoms with Crippen LogP contribution in [0.3, 0.4) is 0 Å². The van der Waals surface area contributed by atoms with Crippen LogP contribution in [-0.4, -0.2) is 92.3 Å². The van der Waals surface area contributed by atoms with Gasteiger partial charge >= 0.3 is 12.1 Å². The predicted octanol–water partition coefficient (Wildman–Crippen LogP) is 4.58. The molecular formula is C31H34ClF3N6O5. The zero-order valence-electron chi connectivity index (χ0n) is 25.3. The lowest BCUT2D eigenvalue weighted by Gasteiger charge is -2.31. The van der Waals surface area contributed by atoms with Crippen molar-refractivity contribution in [3.63, 3.8) is 0 Å². The number of halogens is 4. The molecule has 4 aromatic rings. The first-order chi connectivity index (χ1) is 22.0. The number of carbonyl (C=O) groups excluding carboxylic acids is 1. The lowest BCUT2D eigenvalue weighted by Crippen LogP contribution is -2.51. The van der Waals surface area contributed by atoms with Gasteiger partial charge in [0.1, 0.15) is 23.7 Å². The molecule has 0 spiro atoms. The van der Waals surface area contributed by atoms with E-state index in [-0.39, 0.29) is 36.2 Å². The van der Waals surface area contributed by atoms with Crippen LogP contribution in [0, 0.1) is 0 Å². The van der Waals surface area contributed by atoms with Gasteiger partial charge in [-0.1, -0.05) is 31.2 Å². The lowest BCUT2D eigenvalue weighted by molar-refractivity contribution is -0.190. The van der Waals surface area contributed by atoms with Crippen molar-refractivity contribution in [1.29, 1.82) is 0 Å². The first-order valence-electron chi connectivity index (χ1n) is 14.6. The van der Waals surface area contributed by atoms with Crippen molar-refractivity contribution in [2.75, 3.05) is 32.6 Å². The number of carbonyl (C=O) groups is 1. The van der Waals surface area contributed by atoms with Crippen LogP contribution in [0.15, 0.2) is 54.9 Å². The van der Waals surface area contributed by atoms with E-state index in [1.165, 1.54) is 10.9 Å². The Bertz CT molecular complexity index is 1610. The molecule has 1 saturated carbocycles. The van der Waals surface area contributed by atoms with Gasteiger partial charge in [0.2, 0.25) is 5.28 Å². The molecule has 3 N–H and O–H groups in total. The third kappa shape index (κ3) is 6.69. The molecule has 5 rings (SSSR count). The zero-order chi connectivity index (χ0) is 33.2. The second-order valence-corrected chi connectivity index (χ2v) is 11.3. The monoisotopic (exact) mass is 662 g/mol. The highest BCUT2D eigenvalue weighted by Crippen LogP contribution is 2.38. The summed E-state index contributed by atoms with van der Waals surface area (Å²) in [6.07, 6.45) is -6.85. The molecule has 246 valence electrons. The van der Waals surface area contributed by atoms with E-state index in [4.69, 9.17) is 21.1 Å². The number of aliphatic hydroxyl groups is 2. The number of hydrogen-bond donors (Lipinski definition) is 3. The maximum atomic E-state index is 13.4. The molecule has 4 atom stereocenters. The van der Waals surface area contributed by atoms with Gasteiger partial charge in [-0.15, -0.1) is 0 Å². The summed E-state index contributed by atoms with van der Waals surface area (Å²) in [4.78, 5) is 25.9. The Morgan fingerprint density at radius 2 is 1.63 bits per heavy atom. The Labute approximate surface area is 267 Å². The van der Waals surface area contributed by atoms with E-state index >= 15 is 0 Å². The number of fused-ring (bicyclic) bond motifs is 1. The van der Waals surface area contributed by atoms with Crippen molar-refractivity contribution in [3.05, 3.63) is 71.3 Å². The normalized spacial score (nSPS) is 19.9. The van der Waals surface area contributed by atoms with E-state index in [9.17, 15) is 28.2 Å². The van der Waals surface area contributed by atoms with Gasteiger partial charge in [-0.2, -0.15) is 23.1 Å². The number of ether oxygens (including phenoxy) is 2. The first kappa shape index (κ1) is 33.2. The number of benzene rings is 2. The van der Waals surface area contributed by atoms with Crippen LogP contribution in [0.4, 0.5) is 19.0 Å². The zero-order valence-corrected chi connectivity index (χ0v) is 26.0. The molecule has 46 heavy (non-hydrogen) atoms. The molecule has 0 unspecified atom stereocenters. The SMILES string of the molecule is CCCN(C(=O)C(F)(F)F)[C@H]1C[C@@H](n2cnc3c(NCC(c4ccc(OC)cc4)c4ccc(OC)cc4)nc(Cl)nc32)[C@H](O)[C@@H]1O. The van der Waals surface area contributed by atoms with Crippen LogP contribution in [0.5, 0.6) is 11.5 Å². The highest BCUT2D eigenvalue weighted by Gasteiger charge is 2.51. The molecule has 2 heterocycles. The summed E-state index contributed by atoms with van der Waals surface area (Å²) in [7, 11) is 3.19. The molecular weight excluding hydrogens is 629 g/mol. The number of rotatable bonds is 11. The lowest BCUT2D eigenvalue weighted by atomic mass is 9.91. The van der Waals surface area contributed by atoms with Crippen molar-refractivity contribution in [3.8, 4) is 11.5 Å². The smallest absolute Gasteiger partial charge is 0.471 e. The molecule has 1 amide bonds. The molecule has 0 bridgehead atoms.